The Morgan fingerprint density at radius 1 is 1.19 bits per heavy atom. The van der Waals surface area contributed by atoms with Gasteiger partial charge in [0.15, 0.2) is 0 Å². The van der Waals surface area contributed by atoms with Crippen molar-refractivity contribution in [3.8, 4) is 5.75 Å². The van der Waals surface area contributed by atoms with E-state index in [1.54, 1.807) is 31.2 Å². The van der Waals surface area contributed by atoms with E-state index < -0.39 is 17.9 Å². The highest BCUT2D eigenvalue weighted by molar-refractivity contribution is 5.76. The maximum Gasteiger partial charge on any atom is 0.323 e. The van der Waals surface area contributed by atoms with E-state index in [4.69, 9.17) is 14.9 Å². The molecule has 0 spiro atoms. The summed E-state index contributed by atoms with van der Waals surface area (Å²) in [5.41, 5.74) is 0.585. The van der Waals surface area contributed by atoms with E-state index in [0.29, 0.717) is 11.4 Å². The zero-order chi connectivity index (χ0) is 16.0. The third kappa shape index (κ3) is 5.33. The number of carboxylic acid groups (broad SMARTS) is 2. The van der Waals surface area contributed by atoms with Crippen molar-refractivity contribution in [3.63, 3.8) is 0 Å². The Morgan fingerprint density at radius 3 is 2.33 bits per heavy atom. The Hall–Kier alpha value is -2.24. The lowest BCUT2D eigenvalue weighted by atomic mass is 10.1. The molecule has 0 saturated carbocycles. The number of carbonyl (C=O) groups is 2. The Balaban J connectivity index is 3.07. The Bertz CT molecular complexity index is 501. The average molecular weight is 295 g/mol. The number of carboxylic acids is 2. The maximum atomic E-state index is 11.0. The standard InChI is InChI=1S/C15H21NO5/c1-10(2)21-13-7-5-4-6-12(13)16(9-14(17)18)8-11(3)15(19)20/h4-7,10-11H,8-9H2,1-3H3,(H,17,18)(H,19,20). The summed E-state index contributed by atoms with van der Waals surface area (Å²) in [5, 5.41) is 18.1. The minimum absolute atomic E-state index is 0.0604. The molecular weight excluding hydrogens is 274 g/mol. The van der Waals surface area contributed by atoms with Crippen molar-refractivity contribution < 1.29 is 24.5 Å². The number of hydrogen-bond acceptors (Lipinski definition) is 4. The maximum absolute atomic E-state index is 11.0. The summed E-state index contributed by atoms with van der Waals surface area (Å²) in [7, 11) is 0. The average Bonchev–Trinajstić information content (AvgIpc) is 2.37. The van der Waals surface area contributed by atoms with Gasteiger partial charge in [0.25, 0.3) is 0 Å². The molecule has 0 fully saturated rings. The molecule has 0 aliphatic heterocycles. The molecule has 0 heterocycles. The molecule has 0 aliphatic carbocycles. The fraction of sp³-hybridized carbons (Fsp3) is 0.467. The molecule has 0 aromatic heterocycles. The highest BCUT2D eigenvalue weighted by Crippen LogP contribution is 2.29. The first-order valence-corrected chi connectivity index (χ1v) is 6.76. The number of benzene rings is 1. The Morgan fingerprint density at radius 2 is 1.81 bits per heavy atom. The monoisotopic (exact) mass is 295 g/mol. The van der Waals surface area contributed by atoms with E-state index in [1.165, 1.54) is 4.90 Å². The summed E-state index contributed by atoms with van der Waals surface area (Å²) in [6, 6.07) is 7.04. The molecule has 0 radical (unpaired) electrons. The first-order valence-electron chi connectivity index (χ1n) is 6.76. The van der Waals surface area contributed by atoms with Gasteiger partial charge in [-0.1, -0.05) is 19.1 Å². The van der Waals surface area contributed by atoms with Crippen molar-refractivity contribution >= 4 is 17.6 Å². The number of nitrogens with zero attached hydrogens (tertiary/aromatic N) is 1. The van der Waals surface area contributed by atoms with Gasteiger partial charge in [-0.05, 0) is 26.0 Å². The van der Waals surface area contributed by atoms with Crippen LogP contribution >= 0.6 is 0 Å². The van der Waals surface area contributed by atoms with Crippen LogP contribution in [0.15, 0.2) is 24.3 Å². The smallest absolute Gasteiger partial charge is 0.323 e. The van der Waals surface area contributed by atoms with Gasteiger partial charge in [-0.15, -0.1) is 0 Å². The van der Waals surface area contributed by atoms with Crippen molar-refractivity contribution in [2.45, 2.75) is 26.9 Å². The van der Waals surface area contributed by atoms with Crippen molar-refractivity contribution in [2.75, 3.05) is 18.0 Å². The molecule has 6 heteroatoms. The van der Waals surface area contributed by atoms with Crippen molar-refractivity contribution in [1.82, 2.24) is 0 Å². The highest BCUT2D eigenvalue weighted by atomic mass is 16.5. The summed E-state index contributed by atoms with van der Waals surface area (Å²) in [5.74, 6) is -2.12. The van der Waals surface area contributed by atoms with Crippen molar-refractivity contribution in [1.29, 1.82) is 0 Å². The normalized spacial score (nSPS) is 12.0. The van der Waals surface area contributed by atoms with E-state index in [9.17, 15) is 9.59 Å². The molecule has 1 unspecified atom stereocenters. The van der Waals surface area contributed by atoms with Gasteiger partial charge in [-0.2, -0.15) is 0 Å². The zero-order valence-electron chi connectivity index (χ0n) is 12.4. The molecular formula is C15H21NO5. The molecule has 1 aromatic carbocycles. The first-order chi connectivity index (χ1) is 9.81. The van der Waals surface area contributed by atoms with Crippen LogP contribution in [0.3, 0.4) is 0 Å². The summed E-state index contributed by atoms with van der Waals surface area (Å²) in [6.45, 7) is 5.11. The van der Waals surface area contributed by atoms with E-state index in [2.05, 4.69) is 0 Å². The SMILES string of the molecule is CC(C)Oc1ccccc1N(CC(=O)O)CC(C)C(=O)O. The molecule has 116 valence electrons. The lowest BCUT2D eigenvalue weighted by Gasteiger charge is -2.27. The van der Waals surface area contributed by atoms with E-state index in [-0.39, 0.29) is 19.2 Å². The molecule has 2 N–H and O–H groups in total. The summed E-state index contributed by atoms with van der Waals surface area (Å²) < 4.78 is 5.67. The van der Waals surface area contributed by atoms with Crippen LogP contribution in [0.2, 0.25) is 0 Å². The molecule has 0 saturated heterocycles. The second-order valence-electron chi connectivity index (χ2n) is 5.15. The minimum atomic E-state index is -1.02. The highest BCUT2D eigenvalue weighted by Gasteiger charge is 2.21. The number of rotatable bonds is 8. The van der Waals surface area contributed by atoms with Gasteiger partial charge in [-0.25, -0.2) is 0 Å². The topological polar surface area (TPSA) is 87.1 Å². The van der Waals surface area contributed by atoms with E-state index in [0.717, 1.165) is 0 Å². The van der Waals surface area contributed by atoms with Crippen LogP contribution in [0.1, 0.15) is 20.8 Å². The molecule has 1 atom stereocenters. The predicted octanol–water partition coefficient (Wildman–Crippen LogP) is 2.09. The molecule has 0 bridgehead atoms. The van der Waals surface area contributed by atoms with Gasteiger partial charge >= 0.3 is 11.9 Å². The van der Waals surface area contributed by atoms with Crippen LogP contribution in [-0.2, 0) is 9.59 Å². The number of para-hydroxylation sites is 2. The number of aliphatic carboxylic acids is 2. The quantitative estimate of drug-likeness (QED) is 0.763. The van der Waals surface area contributed by atoms with Gasteiger partial charge in [-0.3, -0.25) is 9.59 Å². The molecule has 0 amide bonds. The van der Waals surface area contributed by atoms with Gasteiger partial charge in [0.05, 0.1) is 17.7 Å². The number of anilines is 1. The third-order valence-electron chi connectivity index (χ3n) is 2.81. The molecule has 21 heavy (non-hydrogen) atoms. The lowest BCUT2D eigenvalue weighted by molar-refractivity contribution is -0.141. The molecule has 0 aliphatic rings. The second kappa shape index (κ2) is 7.52. The van der Waals surface area contributed by atoms with Crippen LogP contribution in [0.5, 0.6) is 5.75 Å². The van der Waals surface area contributed by atoms with Crippen molar-refractivity contribution in [2.24, 2.45) is 5.92 Å². The fourth-order valence-electron chi connectivity index (χ4n) is 1.89. The van der Waals surface area contributed by atoms with E-state index >= 15 is 0 Å². The van der Waals surface area contributed by atoms with Crippen LogP contribution < -0.4 is 9.64 Å². The van der Waals surface area contributed by atoms with Gasteiger partial charge in [0, 0.05) is 6.54 Å². The summed E-state index contributed by atoms with van der Waals surface area (Å²) in [6.07, 6.45) is -0.0604. The number of hydrogen-bond donors (Lipinski definition) is 2. The predicted molar refractivity (Wildman–Crippen MR) is 78.9 cm³/mol. The van der Waals surface area contributed by atoms with E-state index in [1.807, 2.05) is 13.8 Å². The third-order valence-corrected chi connectivity index (χ3v) is 2.81. The van der Waals surface area contributed by atoms with Crippen LogP contribution in [0.25, 0.3) is 0 Å². The van der Waals surface area contributed by atoms with Gasteiger partial charge in [0.2, 0.25) is 0 Å². The molecule has 1 aromatic rings. The first kappa shape index (κ1) is 16.8. The lowest BCUT2D eigenvalue weighted by Crippen LogP contribution is -2.36. The van der Waals surface area contributed by atoms with Crippen LogP contribution in [0.4, 0.5) is 5.69 Å². The number of ether oxygens (including phenoxy) is 1. The molecule has 6 nitrogen and oxygen atoms in total. The van der Waals surface area contributed by atoms with Gasteiger partial charge in [0.1, 0.15) is 12.3 Å². The Kier molecular flexibility index (Phi) is 6.02. The largest absolute Gasteiger partial charge is 0.489 e. The second-order valence-corrected chi connectivity index (χ2v) is 5.15. The minimum Gasteiger partial charge on any atom is -0.489 e. The summed E-state index contributed by atoms with van der Waals surface area (Å²) >= 11 is 0. The van der Waals surface area contributed by atoms with Crippen molar-refractivity contribution in [3.05, 3.63) is 24.3 Å². The summed E-state index contributed by atoms with van der Waals surface area (Å²) in [4.78, 5) is 23.6. The fourth-order valence-corrected chi connectivity index (χ4v) is 1.89. The van der Waals surface area contributed by atoms with Gasteiger partial charge < -0.3 is 19.8 Å². The van der Waals surface area contributed by atoms with Crippen LogP contribution in [0, 0.1) is 5.92 Å². The molecule has 1 rings (SSSR count). The van der Waals surface area contributed by atoms with Crippen LogP contribution in [-0.4, -0.2) is 41.3 Å². The zero-order valence-corrected chi connectivity index (χ0v) is 12.4. The Labute approximate surface area is 124 Å².